The largest absolute Gasteiger partial charge is 0.517 e. The summed E-state index contributed by atoms with van der Waals surface area (Å²) in [5, 5.41) is 3.27. The van der Waals surface area contributed by atoms with E-state index in [4.69, 9.17) is 19.0 Å². The number of rotatable bonds is 8. The molecule has 0 saturated heterocycles. The summed E-state index contributed by atoms with van der Waals surface area (Å²) in [6.45, 7) is 3.40. The van der Waals surface area contributed by atoms with Crippen molar-refractivity contribution in [3.05, 3.63) is 0 Å². The average Bonchev–Trinajstić information content (AvgIpc) is 2.25. The molecule has 0 aromatic rings. The molecule has 0 fully saturated rings. The third kappa shape index (κ3) is 3.30. The predicted octanol–water partition coefficient (Wildman–Crippen LogP) is -0.269. The fraction of sp³-hybridized carbons (Fsp3) is 1.00. The van der Waals surface area contributed by atoms with E-state index >= 15 is 0 Å². The Bertz CT molecular complexity index is 136. The fourth-order valence-corrected chi connectivity index (χ4v) is 3.70. The van der Waals surface area contributed by atoms with Gasteiger partial charge in [-0.05, 0) is 6.42 Å². The normalized spacial score (nSPS) is 14.4. The standard InChI is InChI=1S/C8H22N2O3Si/c1-5-8(10-7-6-9)14(11-2,12-3)13-4/h8,10H,5-7,9H2,1-4H3. The molecule has 1 atom stereocenters. The lowest BCUT2D eigenvalue weighted by Crippen LogP contribution is -2.60. The Balaban J connectivity index is 4.40. The maximum atomic E-state index is 5.43. The van der Waals surface area contributed by atoms with Crippen LogP contribution in [0.15, 0.2) is 0 Å². The van der Waals surface area contributed by atoms with Gasteiger partial charge in [0.05, 0.1) is 5.67 Å². The molecule has 0 radical (unpaired) electrons. The molecular weight excluding hydrogens is 200 g/mol. The van der Waals surface area contributed by atoms with Crippen molar-refractivity contribution in [1.82, 2.24) is 5.32 Å². The van der Waals surface area contributed by atoms with Gasteiger partial charge in [0.15, 0.2) is 0 Å². The van der Waals surface area contributed by atoms with Crippen molar-refractivity contribution in [3.63, 3.8) is 0 Å². The Morgan fingerprint density at radius 2 is 1.71 bits per heavy atom. The van der Waals surface area contributed by atoms with Gasteiger partial charge in [-0.2, -0.15) is 0 Å². The average molecular weight is 222 g/mol. The molecule has 14 heavy (non-hydrogen) atoms. The van der Waals surface area contributed by atoms with Crippen molar-refractivity contribution in [2.75, 3.05) is 34.4 Å². The van der Waals surface area contributed by atoms with Crippen molar-refractivity contribution in [2.24, 2.45) is 5.73 Å². The summed E-state index contributed by atoms with van der Waals surface area (Å²) in [6.07, 6.45) is 0.891. The third-order valence-electron chi connectivity index (χ3n) is 2.22. The molecule has 0 bridgehead atoms. The Labute approximate surface area is 87.3 Å². The van der Waals surface area contributed by atoms with E-state index in [-0.39, 0.29) is 5.67 Å². The van der Waals surface area contributed by atoms with Gasteiger partial charge in [0.25, 0.3) is 0 Å². The smallest absolute Gasteiger partial charge is 0.376 e. The predicted molar refractivity (Wildman–Crippen MR) is 57.9 cm³/mol. The molecule has 0 aromatic heterocycles. The summed E-state index contributed by atoms with van der Waals surface area (Å²) < 4.78 is 16.1. The summed E-state index contributed by atoms with van der Waals surface area (Å²) in [5.74, 6) is 0. The van der Waals surface area contributed by atoms with E-state index in [1.807, 2.05) is 0 Å². The van der Waals surface area contributed by atoms with Gasteiger partial charge >= 0.3 is 8.80 Å². The highest BCUT2D eigenvalue weighted by Gasteiger charge is 2.46. The molecule has 5 nitrogen and oxygen atoms in total. The third-order valence-corrected chi connectivity index (χ3v) is 5.40. The molecular formula is C8H22N2O3Si. The van der Waals surface area contributed by atoms with Gasteiger partial charge in [0.2, 0.25) is 0 Å². The molecule has 1 unspecified atom stereocenters. The molecule has 0 saturated carbocycles. The number of hydrogen-bond acceptors (Lipinski definition) is 5. The minimum absolute atomic E-state index is 0.103. The van der Waals surface area contributed by atoms with Crippen LogP contribution >= 0.6 is 0 Å². The van der Waals surface area contributed by atoms with E-state index in [2.05, 4.69) is 12.2 Å². The SMILES string of the molecule is CCC(NCCN)[Si](OC)(OC)OC. The molecule has 0 aliphatic heterocycles. The van der Waals surface area contributed by atoms with Crippen LogP contribution in [0, 0.1) is 0 Å². The van der Waals surface area contributed by atoms with Gasteiger partial charge in [0, 0.05) is 34.4 Å². The lowest BCUT2D eigenvalue weighted by molar-refractivity contribution is 0.106. The Hall–Kier alpha value is 0.0169. The molecule has 0 rings (SSSR count). The minimum Gasteiger partial charge on any atom is -0.376 e. The van der Waals surface area contributed by atoms with Crippen molar-refractivity contribution >= 4 is 8.80 Å². The van der Waals surface area contributed by atoms with Crippen LogP contribution in [-0.4, -0.2) is 48.9 Å². The van der Waals surface area contributed by atoms with Gasteiger partial charge < -0.3 is 24.3 Å². The molecule has 0 heterocycles. The quantitative estimate of drug-likeness (QED) is 0.554. The zero-order valence-corrected chi connectivity index (χ0v) is 10.5. The van der Waals surface area contributed by atoms with Crippen molar-refractivity contribution in [3.8, 4) is 0 Å². The van der Waals surface area contributed by atoms with Crippen molar-refractivity contribution < 1.29 is 13.3 Å². The highest BCUT2D eigenvalue weighted by atomic mass is 28.4. The maximum Gasteiger partial charge on any atom is 0.517 e. The van der Waals surface area contributed by atoms with Crippen molar-refractivity contribution in [1.29, 1.82) is 0 Å². The van der Waals surface area contributed by atoms with Gasteiger partial charge in [-0.15, -0.1) is 0 Å². The Morgan fingerprint density at radius 1 is 1.21 bits per heavy atom. The van der Waals surface area contributed by atoms with E-state index in [0.29, 0.717) is 6.54 Å². The van der Waals surface area contributed by atoms with Crippen molar-refractivity contribution in [2.45, 2.75) is 19.0 Å². The van der Waals surface area contributed by atoms with Crippen LogP contribution in [0.2, 0.25) is 0 Å². The molecule has 0 spiro atoms. The molecule has 0 amide bonds. The lowest BCUT2D eigenvalue weighted by atomic mass is 10.4. The summed E-state index contributed by atoms with van der Waals surface area (Å²) in [7, 11) is 2.30. The zero-order valence-electron chi connectivity index (χ0n) is 9.50. The molecule has 6 heteroatoms. The highest BCUT2D eigenvalue weighted by molar-refractivity contribution is 6.62. The molecule has 86 valence electrons. The van der Waals surface area contributed by atoms with E-state index < -0.39 is 8.80 Å². The van der Waals surface area contributed by atoms with E-state index in [1.165, 1.54) is 0 Å². The van der Waals surface area contributed by atoms with E-state index in [9.17, 15) is 0 Å². The molecule has 0 aliphatic carbocycles. The van der Waals surface area contributed by atoms with Crippen LogP contribution in [0.5, 0.6) is 0 Å². The van der Waals surface area contributed by atoms with Crippen LogP contribution in [0.1, 0.15) is 13.3 Å². The number of nitrogens with one attached hydrogen (secondary N) is 1. The minimum atomic E-state index is -2.55. The first-order chi connectivity index (χ1) is 6.70. The topological polar surface area (TPSA) is 65.7 Å². The first kappa shape index (κ1) is 14.0. The first-order valence-electron chi connectivity index (χ1n) is 4.79. The lowest BCUT2D eigenvalue weighted by Gasteiger charge is -2.32. The molecule has 3 N–H and O–H groups in total. The molecule has 0 aromatic carbocycles. The Kier molecular flexibility index (Phi) is 7.34. The summed E-state index contributed by atoms with van der Waals surface area (Å²) in [5.41, 5.74) is 5.53. The van der Waals surface area contributed by atoms with Crippen LogP contribution in [0.4, 0.5) is 0 Å². The Morgan fingerprint density at radius 3 is 2.00 bits per heavy atom. The monoisotopic (exact) mass is 222 g/mol. The van der Waals surface area contributed by atoms with Crippen LogP contribution < -0.4 is 11.1 Å². The number of nitrogens with two attached hydrogens (primary N) is 1. The number of hydrogen-bond donors (Lipinski definition) is 2. The maximum absolute atomic E-state index is 5.43. The second kappa shape index (κ2) is 7.33. The summed E-state index contributed by atoms with van der Waals surface area (Å²) >= 11 is 0. The van der Waals surface area contributed by atoms with E-state index in [0.717, 1.165) is 13.0 Å². The first-order valence-corrected chi connectivity index (χ1v) is 6.59. The second-order valence-electron chi connectivity index (χ2n) is 2.92. The summed E-state index contributed by atoms with van der Waals surface area (Å²) in [4.78, 5) is 0. The van der Waals surface area contributed by atoms with Crippen LogP contribution in [0.3, 0.4) is 0 Å². The summed E-state index contributed by atoms with van der Waals surface area (Å²) in [6, 6.07) is 0. The van der Waals surface area contributed by atoms with E-state index in [1.54, 1.807) is 21.3 Å². The van der Waals surface area contributed by atoms with Gasteiger partial charge in [-0.3, -0.25) is 0 Å². The van der Waals surface area contributed by atoms with Crippen LogP contribution in [0.25, 0.3) is 0 Å². The zero-order chi connectivity index (χ0) is 11.0. The van der Waals surface area contributed by atoms with Gasteiger partial charge in [-0.25, -0.2) is 0 Å². The van der Waals surface area contributed by atoms with Gasteiger partial charge in [-0.1, -0.05) is 6.92 Å². The fourth-order valence-electron chi connectivity index (χ4n) is 1.45. The van der Waals surface area contributed by atoms with Gasteiger partial charge in [0.1, 0.15) is 0 Å². The van der Waals surface area contributed by atoms with Crippen LogP contribution in [-0.2, 0) is 13.3 Å². The molecule has 0 aliphatic rings. The second-order valence-corrected chi connectivity index (χ2v) is 6.05. The highest BCUT2D eigenvalue weighted by Crippen LogP contribution is 2.14.